The van der Waals surface area contributed by atoms with Crippen molar-refractivity contribution in [3.8, 4) is 6.07 Å². The Morgan fingerprint density at radius 1 is 1.20 bits per heavy atom. The molecule has 0 aliphatic carbocycles. The second-order valence-corrected chi connectivity index (χ2v) is 1.48. The van der Waals surface area contributed by atoms with Crippen molar-refractivity contribution in [2.75, 3.05) is 7.18 Å². The van der Waals surface area contributed by atoms with E-state index in [0.717, 1.165) is 0 Å². The fraction of sp³-hybridized carbons (Fsp3) is 0.125. The molecule has 1 rings (SSSR count). The van der Waals surface area contributed by atoms with E-state index >= 15 is 0 Å². The molecule has 10 heavy (non-hydrogen) atoms. The van der Waals surface area contributed by atoms with Gasteiger partial charge in [0, 0.05) is 0 Å². The number of benzene rings is 1. The molecular weight excluding hydrogens is 129 g/mol. The Kier molecular flexibility index (Phi) is 4.99. The quantitative estimate of drug-likeness (QED) is 0.537. The van der Waals surface area contributed by atoms with Crippen molar-refractivity contribution in [2.24, 2.45) is 0 Å². The van der Waals surface area contributed by atoms with Gasteiger partial charge in [0.15, 0.2) is 0 Å². The number of nitrogens with zero attached hydrogens (tertiary/aromatic N) is 1. The van der Waals surface area contributed by atoms with Crippen LogP contribution in [0.5, 0.6) is 0 Å². The van der Waals surface area contributed by atoms with Crippen molar-refractivity contribution in [1.29, 1.82) is 5.26 Å². The number of hydrogen-bond donors (Lipinski definition) is 0. The lowest BCUT2D eigenvalue weighted by molar-refractivity contribution is 0.636. The summed E-state index contributed by atoms with van der Waals surface area (Å²) >= 11 is 0. The summed E-state index contributed by atoms with van der Waals surface area (Å²) < 4.78 is 9.50. The number of hydrogen-bond acceptors (Lipinski definition) is 1. The van der Waals surface area contributed by atoms with Gasteiger partial charge in [-0.2, -0.15) is 5.26 Å². The van der Waals surface area contributed by atoms with Crippen LogP contribution >= 0.6 is 0 Å². The minimum absolute atomic E-state index is 0.500. The molecule has 0 spiro atoms. The van der Waals surface area contributed by atoms with Gasteiger partial charge in [0.2, 0.25) is 0 Å². The zero-order valence-corrected chi connectivity index (χ0v) is 5.71. The number of alkyl halides is 1. The molecule has 0 radical (unpaired) electrons. The van der Waals surface area contributed by atoms with Gasteiger partial charge < -0.3 is 0 Å². The summed E-state index contributed by atoms with van der Waals surface area (Å²) in [6.45, 7) is 0. The minimum atomic E-state index is 0.500. The van der Waals surface area contributed by atoms with Crippen molar-refractivity contribution in [3.63, 3.8) is 0 Å². The van der Waals surface area contributed by atoms with Crippen LogP contribution in [0.15, 0.2) is 30.3 Å². The highest BCUT2D eigenvalue weighted by atomic mass is 19.1. The highest BCUT2D eigenvalue weighted by Crippen LogP contribution is 1.92. The molecule has 0 bridgehead atoms. The Bertz CT molecular complexity index is 200. The lowest BCUT2D eigenvalue weighted by atomic mass is 10.2. The van der Waals surface area contributed by atoms with E-state index in [2.05, 4.69) is 0 Å². The fourth-order valence-corrected chi connectivity index (χ4v) is 0.513. The Hall–Kier alpha value is -1.36. The van der Waals surface area contributed by atoms with Gasteiger partial charge in [-0.15, -0.1) is 0 Å². The van der Waals surface area contributed by atoms with E-state index in [0.29, 0.717) is 12.7 Å². The van der Waals surface area contributed by atoms with Gasteiger partial charge in [0.1, 0.15) is 0 Å². The zero-order valence-electron chi connectivity index (χ0n) is 5.71. The summed E-state index contributed by atoms with van der Waals surface area (Å²) in [6.07, 6.45) is 0. The summed E-state index contributed by atoms with van der Waals surface area (Å²) in [5.41, 5.74) is 0.715. The Morgan fingerprint density at radius 3 is 2.00 bits per heavy atom. The van der Waals surface area contributed by atoms with E-state index in [1.54, 1.807) is 12.1 Å². The van der Waals surface area contributed by atoms with Crippen molar-refractivity contribution >= 4 is 0 Å². The van der Waals surface area contributed by atoms with Crippen molar-refractivity contribution in [3.05, 3.63) is 35.9 Å². The standard InChI is InChI=1S/C7H5N.CH3F/c8-6-7-4-2-1-3-5-7;1-2/h1-5H;1H3. The first kappa shape index (κ1) is 8.64. The molecule has 0 atom stereocenters. The van der Waals surface area contributed by atoms with Crippen LogP contribution in [0.1, 0.15) is 5.56 Å². The third-order valence-corrected chi connectivity index (χ3v) is 0.903. The largest absolute Gasteiger partial charge is 0.255 e. The average molecular weight is 137 g/mol. The first-order valence-electron chi connectivity index (χ1n) is 2.76. The highest BCUT2D eigenvalue weighted by Gasteiger charge is 1.79. The topological polar surface area (TPSA) is 23.8 Å². The molecular formula is C8H8FN. The minimum Gasteiger partial charge on any atom is -0.255 e. The van der Waals surface area contributed by atoms with Crippen molar-refractivity contribution < 1.29 is 4.39 Å². The van der Waals surface area contributed by atoms with E-state index < -0.39 is 0 Å². The normalized spacial score (nSPS) is 6.90. The molecule has 0 saturated heterocycles. The van der Waals surface area contributed by atoms with E-state index in [1.165, 1.54) is 0 Å². The van der Waals surface area contributed by atoms with Gasteiger partial charge in [0.05, 0.1) is 18.8 Å². The monoisotopic (exact) mass is 137 g/mol. The van der Waals surface area contributed by atoms with Gasteiger partial charge in [-0.1, -0.05) is 18.2 Å². The van der Waals surface area contributed by atoms with E-state index in [4.69, 9.17) is 5.26 Å². The first-order valence-corrected chi connectivity index (χ1v) is 2.76. The maximum absolute atomic E-state index is 9.50. The molecule has 52 valence electrons. The maximum Gasteiger partial charge on any atom is 0.0991 e. The summed E-state index contributed by atoms with van der Waals surface area (Å²) in [6, 6.07) is 11.2. The number of halogens is 1. The second-order valence-electron chi connectivity index (χ2n) is 1.48. The second kappa shape index (κ2) is 5.77. The van der Waals surface area contributed by atoms with Crippen LogP contribution in [-0.4, -0.2) is 7.18 Å². The molecule has 0 unspecified atom stereocenters. The Balaban J connectivity index is 0.000000371. The summed E-state index contributed by atoms with van der Waals surface area (Å²) in [5.74, 6) is 0. The molecule has 0 saturated carbocycles. The number of nitriles is 1. The molecule has 1 aromatic rings. The van der Waals surface area contributed by atoms with E-state index in [1.807, 2.05) is 24.3 Å². The SMILES string of the molecule is CF.N#Cc1ccccc1. The van der Waals surface area contributed by atoms with E-state index in [9.17, 15) is 4.39 Å². The molecule has 1 nitrogen and oxygen atoms in total. The van der Waals surface area contributed by atoms with Gasteiger partial charge in [-0.3, -0.25) is 4.39 Å². The van der Waals surface area contributed by atoms with E-state index in [-0.39, 0.29) is 0 Å². The third kappa shape index (κ3) is 2.83. The van der Waals surface area contributed by atoms with Crippen LogP contribution in [0, 0.1) is 11.3 Å². The van der Waals surface area contributed by atoms with Gasteiger partial charge >= 0.3 is 0 Å². The predicted molar refractivity (Wildman–Crippen MR) is 38.2 cm³/mol. The molecule has 0 aromatic heterocycles. The fourth-order valence-electron chi connectivity index (χ4n) is 0.513. The zero-order chi connectivity index (χ0) is 7.82. The molecule has 0 N–H and O–H groups in total. The average Bonchev–Trinajstić information content (AvgIpc) is 2.10. The Labute approximate surface area is 59.7 Å². The highest BCUT2D eigenvalue weighted by molar-refractivity contribution is 5.27. The lowest BCUT2D eigenvalue weighted by Crippen LogP contribution is -1.66. The molecule has 0 amide bonds. The molecule has 2 heteroatoms. The first-order chi connectivity index (χ1) is 4.93. The van der Waals surface area contributed by atoms with Crippen LogP contribution in [-0.2, 0) is 0 Å². The lowest BCUT2D eigenvalue weighted by Gasteiger charge is -1.80. The maximum atomic E-state index is 9.50. The van der Waals surface area contributed by atoms with Crippen LogP contribution in [0.4, 0.5) is 4.39 Å². The molecule has 0 aliphatic rings. The molecule has 0 aliphatic heterocycles. The van der Waals surface area contributed by atoms with Crippen LogP contribution in [0.25, 0.3) is 0 Å². The summed E-state index contributed by atoms with van der Waals surface area (Å²) in [7, 11) is 0.500. The Morgan fingerprint density at radius 2 is 1.70 bits per heavy atom. The number of rotatable bonds is 0. The van der Waals surface area contributed by atoms with Gasteiger partial charge in [-0.25, -0.2) is 0 Å². The molecule has 0 fully saturated rings. The molecule has 1 aromatic carbocycles. The van der Waals surface area contributed by atoms with Crippen LogP contribution in [0.3, 0.4) is 0 Å². The molecule has 0 heterocycles. The van der Waals surface area contributed by atoms with Crippen molar-refractivity contribution in [2.45, 2.75) is 0 Å². The van der Waals surface area contributed by atoms with Gasteiger partial charge in [-0.05, 0) is 12.1 Å². The van der Waals surface area contributed by atoms with Gasteiger partial charge in [0.25, 0.3) is 0 Å². The third-order valence-electron chi connectivity index (χ3n) is 0.903. The predicted octanol–water partition coefficient (Wildman–Crippen LogP) is 2.14. The summed E-state index contributed by atoms with van der Waals surface area (Å²) in [4.78, 5) is 0. The smallest absolute Gasteiger partial charge is 0.0991 e. The summed E-state index contributed by atoms with van der Waals surface area (Å²) in [5, 5.41) is 8.29. The van der Waals surface area contributed by atoms with Crippen molar-refractivity contribution in [1.82, 2.24) is 0 Å². The van der Waals surface area contributed by atoms with Crippen LogP contribution < -0.4 is 0 Å². The van der Waals surface area contributed by atoms with Crippen LogP contribution in [0.2, 0.25) is 0 Å².